The van der Waals surface area contributed by atoms with Crippen molar-refractivity contribution in [3.05, 3.63) is 0 Å². The minimum atomic E-state index is -2.83. The molecule has 1 rings (SSSR count). The molecule has 0 aromatic rings. The van der Waals surface area contributed by atoms with Crippen LogP contribution in [0.4, 0.5) is 8.78 Å². The fraction of sp³-hybridized carbons (Fsp3) is 0.800. The second-order valence-corrected chi connectivity index (χ2v) is 2.36. The second kappa shape index (κ2) is 2.16. The van der Waals surface area contributed by atoms with Crippen molar-refractivity contribution in [2.24, 2.45) is 11.8 Å². The molecule has 0 aliphatic heterocycles. The Labute approximate surface area is 56.5 Å². The molecule has 1 amide bonds. The van der Waals surface area contributed by atoms with E-state index < -0.39 is 17.7 Å². The summed E-state index contributed by atoms with van der Waals surface area (Å²) in [6, 6.07) is 0. The van der Waals surface area contributed by atoms with E-state index in [1.807, 2.05) is 0 Å². The average Bonchev–Trinajstić information content (AvgIpc) is 1.86. The molecule has 0 bridgehead atoms. The molecule has 0 spiro atoms. The van der Waals surface area contributed by atoms with Crippen molar-refractivity contribution in [3.63, 3.8) is 0 Å². The molecule has 3 N–H and O–H groups in total. The molecular formula is C5H8F2N2O. The molecule has 0 heterocycles. The van der Waals surface area contributed by atoms with E-state index in [1.165, 1.54) is 0 Å². The number of nitrogens with one attached hydrogen (secondary N) is 1. The van der Waals surface area contributed by atoms with Gasteiger partial charge in [-0.05, 0) is 6.42 Å². The van der Waals surface area contributed by atoms with Gasteiger partial charge in [0, 0.05) is 6.42 Å². The van der Waals surface area contributed by atoms with Gasteiger partial charge in [0.15, 0.2) is 0 Å². The molecule has 1 aliphatic rings. The highest BCUT2D eigenvalue weighted by atomic mass is 19.3. The van der Waals surface area contributed by atoms with E-state index in [1.54, 1.807) is 5.43 Å². The van der Waals surface area contributed by atoms with E-state index in [4.69, 9.17) is 0 Å². The van der Waals surface area contributed by atoms with Crippen LogP contribution in [-0.2, 0) is 4.79 Å². The van der Waals surface area contributed by atoms with Crippen molar-refractivity contribution >= 4 is 5.91 Å². The van der Waals surface area contributed by atoms with Crippen LogP contribution in [0.2, 0.25) is 0 Å². The van der Waals surface area contributed by atoms with Gasteiger partial charge in [-0.15, -0.1) is 0 Å². The molecule has 58 valence electrons. The molecule has 0 saturated heterocycles. The fourth-order valence-corrected chi connectivity index (χ4v) is 0.930. The number of hydrogen-bond donors (Lipinski definition) is 2. The van der Waals surface area contributed by atoms with Gasteiger partial charge < -0.3 is 0 Å². The van der Waals surface area contributed by atoms with Crippen LogP contribution in [0.5, 0.6) is 0 Å². The zero-order valence-electron chi connectivity index (χ0n) is 5.23. The van der Waals surface area contributed by atoms with E-state index in [-0.39, 0.29) is 12.8 Å². The Kier molecular flexibility index (Phi) is 1.60. The van der Waals surface area contributed by atoms with Gasteiger partial charge in [0.05, 0.1) is 0 Å². The molecule has 3 nitrogen and oxygen atoms in total. The predicted octanol–water partition coefficient (Wildman–Crippen LogP) is 0.0216. The second-order valence-electron chi connectivity index (χ2n) is 2.36. The summed E-state index contributed by atoms with van der Waals surface area (Å²) in [5.41, 5.74) is 1.70. The number of halogens is 2. The lowest BCUT2D eigenvalue weighted by Crippen LogP contribution is -2.50. The van der Waals surface area contributed by atoms with Crippen molar-refractivity contribution in [3.8, 4) is 0 Å². The number of carbonyl (C=O) groups is 1. The largest absolute Gasteiger partial charge is 0.294 e. The molecule has 1 fully saturated rings. The monoisotopic (exact) mass is 150 g/mol. The van der Waals surface area contributed by atoms with Gasteiger partial charge in [-0.1, -0.05) is 0 Å². The third kappa shape index (κ3) is 0.965. The quantitative estimate of drug-likeness (QED) is 0.314. The Morgan fingerprint density at radius 1 is 1.70 bits per heavy atom. The maximum Gasteiger partial charge on any atom is 0.259 e. The number of hydrazine groups is 1. The number of amides is 1. The van der Waals surface area contributed by atoms with Crippen molar-refractivity contribution in [1.82, 2.24) is 5.43 Å². The van der Waals surface area contributed by atoms with E-state index in [9.17, 15) is 13.6 Å². The molecule has 10 heavy (non-hydrogen) atoms. The lowest BCUT2D eigenvalue weighted by Gasteiger charge is -2.34. The lowest BCUT2D eigenvalue weighted by atomic mass is 9.80. The topological polar surface area (TPSA) is 55.1 Å². The summed E-state index contributed by atoms with van der Waals surface area (Å²) in [6.45, 7) is 0. The molecule has 5 heteroatoms. The first-order valence-electron chi connectivity index (χ1n) is 2.96. The Morgan fingerprint density at radius 3 is 2.40 bits per heavy atom. The summed E-state index contributed by atoms with van der Waals surface area (Å²) in [6.07, 6.45) is 0.0289. The summed E-state index contributed by atoms with van der Waals surface area (Å²) >= 11 is 0. The van der Waals surface area contributed by atoms with Crippen LogP contribution in [0.25, 0.3) is 0 Å². The first kappa shape index (κ1) is 7.40. The van der Waals surface area contributed by atoms with E-state index >= 15 is 0 Å². The minimum Gasteiger partial charge on any atom is -0.294 e. The van der Waals surface area contributed by atoms with Gasteiger partial charge in [0.25, 0.3) is 5.92 Å². The molecule has 1 aliphatic carbocycles. The van der Waals surface area contributed by atoms with Crippen molar-refractivity contribution in [2.45, 2.75) is 18.8 Å². The van der Waals surface area contributed by atoms with Gasteiger partial charge in [0.1, 0.15) is 5.92 Å². The van der Waals surface area contributed by atoms with Gasteiger partial charge in [-0.25, -0.2) is 14.6 Å². The number of alkyl halides is 2. The highest BCUT2D eigenvalue weighted by Crippen LogP contribution is 2.43. The number of rotatable bonds is 1. The maximum atomic E-state index is 12.3. The minimum absolute atomic E-state index is 0.203. The maximum absolute atomic E-state index is 12.3. The van der Waals surface area contributed by atoms with Crippen LogP contribution < -0.4 is 11.3 Å². The standard InChI is InChI=1S/C5H8F2N2O/c6-5(7)2-1-3(5)4(10)9-8/h3H,1-2,8H2,(H,9,10)/t3-/m0/s1. The van der Waals surface area contributed by atoms with Crippen LogP contribution in [0.3, 0.4) is 0 Å². The number of carbonyl (C=O) groups excluding carboxylic acids is 1. The van der Waals surface area contributed by atoms with Crippen molar-refractivity contribution < 1.29 is 13.6 Å². The predicted molar refractivity (Wildman–Crippen MR) is 30.0 cm³/mol. The summed E-state index contributed by atoms with van der Waals surface area (Å²) in [7, 11) is 0. The van der Waals surface area contributed by atoms with Crippen LogP contribution in [0.15, 0.2) is 0 Å². The SMILES string of the molecule is NNC(=O)[C@@H]1CCC1(F)F. The Hall–Kier alpha value is -0.710. The van der Waals surface area contributed by atoms with Crippen LogP contribution >= 0.6 is 0 Å². The molecule has 0 aromatic heterocycles. The van der Waals surface area contributed by atoms with Crippen LogP contribution in [0.1, 0.15) is 12.8 Å². The van der Waals surface area contributed by atoms with Crippen molar-refractivity contribution in [1.29, 1.82) is 0 Å². The third-order valence-corrected chi connectivity index (χ3v) is 1.73. The molecule has 0 unspecified atom stereocenters. The van der Waals surface area contributed by atoms with Gasteiger partial charge in [0.2, 0.25) is 5.91 Å². The van der Waals surface area contributed by atoms with E-state index in [0.717, 1.165) is 0 Å². The normalized spacial score (nSPS) is 28.9. The van der Waals surface area contributed by atoms with Crippen LogP contribution in [0, 0.1) is 5.92 Å². The fourth-order valence-electron chi connectivity index (χ4n) is 0.930. The Balaban J connectivity index is 2.51. The molecule has 1 saturated carbocycles. The first-order chi connectivity index (χ1) is 4.58. The summed E-state index contributed by atoms with van der Waals surface area (Å²) in [5.74, 6) is -0.123. The van der Waals surface area contributed by atoms with Gasteiger partial charge in [-0.2, -0.15) is 0 Å². The average molecular weight is 150 g/mol. The zero-order chi connectivity index (χ0) is 7.78. The zero-order valence-corrected chi connectivity index (χ0v) is 5.23. The molecule has 1 atom stereocenters. The van der Waals surface area contributed by atoms with Gasteiger partial charge >= 0.3 is 0 Å². The molecular weight excluding hydrogens is 142 g/mol. The number of hydrogen-bond acceptors (Lipinski definition) is 2. The highest BCUT2D eigenvalue weighted by Gasteiger charge is 2.52. The lowest BCUT2D eigenvalue weighted by molar-refractivity contribution is -0.162. The van der Waals surface area contributed by atoms with Gasteiger partial charge in [-0.3, -0.25) is 10.2 Å². The molecule has 0 aromatic carbocycles. The Morgan fingerprint density at radius 2 is 2.30 bits per heavy atom. The van der Waals surface area contributed by atoms with Crippen LogP contribution in [-0.4, -0.2) is 11.8 Å². The summed E-state index contributed by atoms with van der Waals surface area (Å²) in [4.78, 5) is 10.5. The summed E-state index contributed by atoms with van der Waals surface area (Å²) < 4.78 is 24.6. The first-order valence-corrected chi connectivity index (χ1v) is 2.96. The van der Waals surface area contributed by atoms with E-state index in [0.29, 0.717) is 0 Å². The smallest absolute Gasteiger partial charge is 0.259 e. The number of nitrogens with two attached hydrogens (primary N) is 1. The highest BCUT2D eigenvalue weighted by molar-refractivity contribution is 5.80. The van der Waals surface area contributed by atoms with Crippen molar-refractivity contribution in [2.75, 3.05) is 0 Å². The van der Waals surface area contributed by atoms with E-state index in [2.05, 4.69) is 5.84 Å². The third-order valence-electron chi connectivity index (χ3n) is 1.73. The summed E-state index contributed by atoms with van der Waals surface area (Å²) in [5, 5.41) is 0. The molecule has 0 radical (unpaired) electrons. The Bertz CT molecular complexity index is 160.